The summed E-state index contributed by atoms with van der Waals surface area (Å²) < 4.78 is 0.0866. The first-order valence-electron chi connectivity index (χ1n) is 5.37. The molecule has 3 aromatic rings. The average Bonchev–Trinajstić information content (AvgIpc) is 2.35. The summed E-state index contributed by atoms with van der Waals surface area (Å²) in [6, 6.07) is 18.3. The monoisotopic (exact) mass is 332 g/mol. The van der Waals surface area contributed by atoms with Gasteiger partial charge in [-0.2, -0.15) is 0 Å². The molecule has 0 aromatic heterocycles. The minimum absolute atomic E-state index is 0.0866. The Balaban J connectivity index is 2.47. The van der Waals surface area contributed by atoms with Gasteiger partial charge in [-0.15, -0.1) is 0 Å². The van der Waals surface area contributed by atoms with Crippen LogP contribution in [0.25, 0.3) is 21.5 Å². The lowest BCUT2D eigenvalue weighted by Gasteiger charge is -2.05. The Morgan fingerprint density at radius 3 is 2.18 bits per heavy atom. The Morgan fingerprint density at radius 2 is 1.47 bits per heavy atom. The van der Waals surface area contributed by atoms with Gasteiger partial charge < -0.3 is 0 Å². The molecule has 82 valence electrons. The van der Waals surface area contributed by atoms with Crippen molar-refractivity contribution < 1.29 is 4.79 Å². The molecule has 1 nitrogen and oxygen atoms in total. The normalized spacial score (nSPS) is 10.9. The van der Waals surface area contributed by atoms with Crippen molar-refractivity contribution in [2.24, 2.45) is 0 Å². The second-order valence-electron chi connectivity index (χ2n) is 4.00. The number of benzene rings is 3. The number of halogens is 1. The van der Waals surface area contributed by atoms with Crippen molar-refractivity contribution in [3.05, 3.63) is 60.2 Å². The van der Waals surface area contributed by atoms with Crippen LogP contribution in [0.4, 0.5) is 0 Å². The topological polar surface area (TPSA) is 17.1 Å². The van der Waals surface area contributed by atoms with E-state index in [9.17, 15) is 4.79 Å². The lowest BCUT2D eigenvalue weighted by atomic mass is 10.0. The van der Waals surface area contributed by atoms with E-state index >= 15 is 0 Å². The second-order valence-corrected chi connectivity index (χ2v) is 4.98. The number of rotatable bonds is 1. The fraction of sp³-hybridized carbons (Fsp3) is 0. The summed E-state index contributed by atoms with van der Waals surface area (Å²) in [6.07, 6.45) is 0. The Hall–Kier alpha value is -1.42. The molecule has 0 atom stereocenters. The molecule has 0 aliphatic heterocycles. The first kappa shape index (κ1) is 10.7. The van der Waals surface area contributed by atoms with Gasteiger partial charge in [0.05, 0.1) is 0 Å². The fourth-order valence-electron chi connectivity index (χ4n) is 2.14. The average molecular weight is 332 g/mol. The second kappa shape index (κ2) is 4.11. The number of carbonyl (C=O) groups is 1. The van der Waals surface area contributed by atoms with E-state index in [2.05, 4.69) is 24.3 Å². The molecule has 0 bridgehead atoms. The predicted molar refractivity (Wildman–Crippen MR) is 79.8 cm³/mol. The summed E-state index contributed by atoms with van der Waals surface area (Å²) in [5, 5.41) is 4.53. The van der Waals surface area contributed by atoms with Crippen LogP contribution in [-0.4, -0.2) is 3.79 Å². The molecule has 0 saturated carbocycles. The molecule has 17 heavy (non-hydrogen) atoms. The van der Waals surface area contributed by atoms with Crippen molar-refractivity contribution in [3.8, 4) is 0 Å². The summed E-state index contributed by atoms with van der Waals surface area (Å²) >= 11 is 1.84. The van der Waals surface area contributed by atoms with Crippen molar-refractivity contribution in [1.29, 1.82) is 0 Å². The molecule has 0 spiro atoms. The highest BCUT2D eigenvalue weighted by Gasteiger charge is 2.07. The molecule has 0 saturated heterocycles. The van der Waals surface area contributed by atoms with Crippen LogP contribution in [0.3, 0.4) is 0 Å². The molecule has 0 heterocycles. The van der Waals surface area contributed by atoms with Crippen LogP contribution < -0.4 is 0 Å². The highest BCUT2D eigenvalue weighted by molar-refractivity contribution is 14.1. The van der Waals surface area contributed by atoms with E-state index in [0.717, 1.165) is 16.3 Å². The molecule has 0 radical (unpaired) electrons. The molecule has 0 aliphatic carbocycles. The molecule has 0 amide bonds. The van der Waals surface area contributed by atoms with E-state index in [-0.39, 0.29) is 3.79 Å². The number of hydrogen-bond acceptors (Lipinski definition) is 1. The molecule has 0 aliphatic rings. The van der Waals surface area contributed by atoms with Gasteiger partial charge in [-0.3, -0.25) is 4.79 Å². The van der Waals surface area contributed by atoms with Gasteiger partial charge in [-0.25, -0.2) is 0 Å². The quantitative estimate of drug-likeness (QED) is 0.362. The lowest BCUT2D eigenvalue weighted by Crippen LogP contribution is -1.89. The molecular weight excluding hydrogens is 323 g/mol. The zero-order chi connectivity index (χ0) is 11.8. The van der Waals surface area contributed by atoms with Crippen LogP contribution in [0.5, 0.6) is 0 Å². The van der Waals surface area contributed by atoms with Crippen LogP contribution in [0.1, 0.15) is 10.4 Å². The van der Waals surface area contributed by atoms with Crippen LogP contribution in [-0.2, 0) is 0 Å². The van der Waals surface area contributed by atoms with E-state index in [4.69, 9.17) is 0 Å². The summed E-state index contributed by atoms with van der Waals surface area (Å²) in [5.41, 5.74) is 0.786. The third-order valence-electron chi connectivity index (χ3n) is 2.96. The minimum Gasteiger partial charge on any atom is -0.282 e. The highest BCUT2D eigenvalue weighted by Crippen LogP contribution is 2.26. The SMILES string of the molecule is O=C(I)c1cccc2cc3ccccc3cc12. The van der Waals surface area contributed by atoms with Crippen LogP contribution in [0, 0.1) is 0 Å². The maximum absolute atomic E-state index is 11.6. The van der Waals surface area contributed by atoms with Crippen LogP contribution in [0.15, 0.2) is 54.6 Å². The van der Waals surface area contributed by atoms with Crippen molar-refractivity contribution in [2.75, 3.05) is 0 Å². The van der Waals surface area contributed by atoms with Crippen LogP contribution >= 0.6 is 22.6 Å². The maximum atomic E-state index is 11.6. The summed E-state index contributed by atoms with van der Waals surface area (Å²) in [5.74, 6) is 0. The van der Waals surface area contributed by atoms with Gasteiger partial charge in [0.1, 0.15) is 0 Å². The fourth-order valence-corrected chi connectivity index (χ4v) is 2.61. The van der Waals surface area contributed by atoms with Gasteiger partial charge >= 0.3 is 0 Å². The summed E-state index contributed by atoms with van der Waals surface area (Å²) in [7, 11) is 0. The van der Waals surface area contributed by atoms with Crippen molar-refractivity contribution in [3.63, 3.8) is 0 Å². The Bertz CT molecular complexity index is 731. The molecule has 0 N–H and O–H groups in total. The predicted octanol–water partition coefficient (Wildman–Crippen LogP) is 4.57. The van der Waals surface area contributed by atoms with Crippen molar-refractivity contribution >= 4 is 47.9 Å². The van der Waals surface area contributed by atoms with E-state index < -0.39 is 0 Å². The van der Waals surface area contributed by atoms with E-state index in [1.54, 1.807) is 0 Å². The Labute approximate surface area is 113 Å². The van der Waals surface area contributed by atoms with Crippen LogP contribution in [0.2, 0.25) is 0 Å². The molecule has 3 rings (SSSR count). The van der Waals surface area contributed by atoms with E-state index in [1.807, 2.05) is 52.9 Å². The molecule has 3 aromatic carbocycles. The number of carbonyl (C=O) groups excluding carboxylic acids is 1. The Kier molecular flexibility index (Phi) is 2.59. The number of fused-ring (bicyclic) bond motifs is 2. The molecular formula is C15H9IO. The largest absolute Gasteiger partial charge is 0.282 e. The molecule has 0 unspecified atom stereocenters. The van der Waals surface area contributed by atoms with E-state index in [1.165, 1.54) is 10.8 Å². The van der Waals surface area contributed by atoms with Gasteiger partial charge in [-0.1, -0.05) is 36.4 Å². The minimum atomic E-state index is 0.0866. The maximum Gasteiger partial charge on any atom is 0.223 e. The highest BCUT2D eigenvalue weighted by atomic mass is 127. The Morgan fingerprint density at radius 1 is 0.824 bits per heavy atom. The summed E-state index contributed by atoms with van der Waals surface area (Å²) in [4.78, 5) is 11.6. The third-order valence-corrected chi connectivity index (χ3v) is 3.54. The molecule has 0 fully saturated rings. The van der Waals surface area contributed by atoms with Crippen molar-refractivity contribution in [1.82, 2.24) is 0 Å². The van der Waals surface area contributed by atoms with Gasteiger partial charge in [-0.05, 0) is 39.7 Å². The van der Waals surface area contributed by atoms with E-state index in [0.29, 0.717) is 0 Å². The first-order valence-corrected chi connectivity index (χ1v) is 6.45. The van der Waals surface area contributed by atoms with Gasteiger partial charge in [0, 0.05) is 28.2 Å². The summed E-state index contributed by atoms with van der Waals surface area (Å²) in [6.45, 7) is 0. The smallest absolute Gasteiger partial charge is 0.223 e. The van der Waals surface area contributed by atoms with Crippen molar-refractivity contribution in [2.45, 2.75) is 0 Å². The standard InChI is InChI=1S/C15H9IO/c16-15(17)13-7-3-6-12-8-10-4-1-2-5-11(10)9-14(12)13/h1-9H. The number of hydrogen-bond donors (Lipinski definition) is 0. The van der Waals surface area contributed by atoms with Gasteiger partial charge in [0.2, 0.25) is 3.79 Å². The third kappa shape index (κ3) is 1.82. The zero-order valence-corrected chi connectivity index (χ0v) is 11.1. The lowest BCUT2D eigenvalue weighted by molar-refractivity contribution is 0.110. The first-order chi connectivity index (χ1) is 8.25. The molecule has 2 heteroatoms. The van der Waals surface area contributed by atoms with Gasteiger partial charge in [0.15, 0.2) is 0 Å². The zero-order valence-electron chi connectivity index (χ0n) is 8.98. The van der Waals surface area contributed by atoms with Gasteiger partial charge in [0.25, 0.3) is 0 Å².